The summed E-state index contributed by atoms with van der Waals surface area (Å²) in [6.07, 6.45) is 1.65. The van der Waals surface area contributed by atoms with E-state index in [1.54, 1.807) is 18.2 Å². The second-order valence-electron chi connectivity index (χ2n) is 5.19. The molecule has 0 saturated carbocycles. The number of urea groups is 1. The average molecular weight is 393 g/mol. The Morgan fingerprint density at radius 1 is 1.00 bits per heavy atom. The lowest BCUT2D eigenvalue weighted by Gasteiger charge is -2.07. The minimum atomic E-state index is -0.435. The number of aromatic nitrogens is 2. The van der Waals surface area contributed by atoms with Gasteiger partial charge in [0.2, 0.25) is 5.13 Å². The standard InChI is InChI=1S/C17H14Cl2N4OS/c18-12-7-8-14(13(19)10-12)20-16(24)21-17-23-22-15(25-17)9-6-11-4-2-1-3-5-11/h1-5,7-8,10H,6,9H2,(H2,20,21,23,24). The summed E-state index contributed by atoms with van der Waals surface area (Å²) in [6.45, 7) is 0. The van der Waals surface area contributed by atoms with Crippen LogP contribution in [0.15, 0.2) is 48.5 Å². The van der Waals surface area contributed by atoms with Crippen LogP contribution in [0.2, 0.25) is 10.0 Å². The number of amides is 2. The van der Waals surface area contributed by atoms with Crippen molar-refractivity contribution in [2.45, 2.75) is 12.8 Å². The summed E-state index contributed by atoms with van der Waals surface area (Å²) in [5, 5.41) is 15.6. The van der Waals surface area contributed by atoms with Crippen LogP contribution in [0.1, 0.15) is 10.6 Å². The molecule has 2 aromatic carbocycles. The molecule has 0 saturated heterocycles. The number of aryl methyl sites for hydroxylation is 2. The number of benzene rings is 2. The monoisotopic (exact) mass is 392 g/mol. The third kappa shape index (κ3) is 5.16. The van der Waals surface area contributed by atoms with E-state index in [9.17, 15) is 4.79 Å². The van der Waals surface area contributed by atoms with E-state index in [1.807, 2.05) is 18.2 Å². The predicted octanol–water partition coefficient (Wildman–Crippen LogP) is 5.27. The lowest BCUT2D eigenvalue weighted by atomic mass is 10.1. The average Bonchev–Trinajstić information content (AvgIpc) is 3.04. The fourth-order valence-electron chi connectivity index (χ4n) is 2.14. The molecule has 25 heavy (non-hydrogen) atoms. The Balaban J connectivity index is 1.54. The number of hydrogen-bond donors (Lipinski definition) is 2. The van der Waals surface area contributed by atoms with Crippen LogP contribution in [0.25, 0.3) is 0 Å². The lowest BCUT2D eigenvalue weighted by molar-refractivity contribution is 0.262. The molecule has 5 nitrogen and oxygen atoms in total. The maximum Gasteiger partial charge on any atom is 0.325 e. The van der Waals surface area contributed by atoms with Crippen molar-refractivity contribution < 1.29 is 4.79 Å². The van der Waals surface area contributed by atoms with Gasteiger partial charge in [0, 0.05) is 11.4 Å². The van der Waals surface area contributed by atoms with Crippen molar-refractivity contribution in [2.75, 3.05) is 10.6 Å². The highest BCUT2D eigenvalue weighted by Gasteiger charge is 2.10. The van der Waals surface area contributed by atoms with Crippen LogP contribution in [0.5, 0.6) is 0 Å². The van der Waals surface area contributed by atoms with Crippen LogP contribution in [0.3, 0.4) is 0 Å². The molecule has 8 heteroatoms. The molecular weight excluding hydrogens is 379 g/mol. The molecule has 0 radical (unpaired) electrons. The van der Waals surface area contributed by atoms with Crippen molar-refractivity contribution in [3.8, 4) is 0 Å². The van der Waals surface area contributed by atoms with Crippen molar-refractivity contribution in [1.29, 1.82) is 0 Å². The van der Waals surface area contributed by atoms with Gasteiger partial charge in [-0.2, -0.15) is 0 Å². The molecule has 1 aromatic heterocycles. The van der Waals surface area contributed by atoms with E-state index < -0.39 is 6.03 Å². The van der Waals surface area contributed by atoms with Gasteiger partial charge in [-0.3, -0.25) is 5.32 Å². The van der Waals surface area contributed by atoms with Gasteiger partial charge in [-0.25, -0.2) is 4.79 Å². The molecule has 2 amide bonds. The summed E-state index contributed by atoms with van der Waals surface area (Å²) in [6, 6.07) is 14.6. The second kappa shape index (κ2) is 8.29. The summed E-state index contributed by atoms with van der Waals surface area (Å²) in [5.41, 5.74) is 1.71. The normalized spacial score (nSPS) is 10.5. The van der Waals surface area contributed by atoms with E-state index in [1.165, 1.54) is 16.9 Å². The van der Waals surface area contributed by atoms with E-state index in [-0.39, 0.29) is 0 Å². The Morgan fingerprint density at radius 3 is 2.56 bits per heavy atom. The second-order valence-corrected chi connectivity index (χ2v) is 7.10. The SMILES string of the molecule is O=C(Nc1nnc(CCc2ccccc2)s1)Nc1ccc(Cl)cc1Cl. The number of nitrogens with one attached hydrogen (secondary N) is 2. The molecule has 0 fully saturated rings. The fraction of sp³-hybridized carbons (Fsp3) is 0.118. The van der Waals surface area contributed by atoms with Gasteiger partial charge < -0.3 is 5.32 Å². The van der Waals surface area contributed by atoms with Crippen molar-refractivity contribution >= 4 is 51.4 Å². The van der Waals surface area contributed by atoms with E-state index in [4.69, 9.17) is 23.2 Å². The number of carbonyl (C=O) groups excluding carboxylic acids is 1. The highest BCUT2D eigenvalue weighted by molar-refractivity contribution is 7.15. The Labute approximate surface area is 159 Å². The summed E-state index contributed by atoms with van der Waals surface area (Å²) in [5.74, 6) is 0. The van der Waals surface area contributed by atoms with Crippen molar-refractivity contribution in [3.63, 3.8) is 0 Å². The predicted molar refractivity (Wildman–Crippen MR) is 103 cm³/mol. The molecule has 2 N–H and O–H groups in total. The van der Waals surface area contributed by atoms with Crippen LogP contribution in [-0.4, -0.2) is 16.2 Å². The van der Waals surface area contributed by atoms with Gasteiger partial charge in [0.05, 0.1) is 10.7 Å². The van der Waals surface area contributed by atoms with E-state index >= 15 is 0 Å². The number of rotatable bonds is 5. The molecule has 0 aliphatic rings. The quantitative estimate of drug-likeness (QED) is 0.620. The Bertz CT molecular complexity index is 870. The number of hydrogen-bond acceptors (Lipinski definition) is 4. The number of anilines is 2. The van der Waals surface area contributed by atoms with Crippen LogP contribution >= 0.6 is 34.5 Å². The van der Waals surface area contributed by atoms with Gasteiger partial charge >= 0.3 is 6.03 Å². The third-order valence-electron chi connectivity index (χ3n) is 3.34. The van der Waals surface area contributed by atoms with Gasteiger partial charge in [0.25, 0.3) is 0 Å². The maximum atomic E-state index is 12.0. The smallest absolute Gasteiger partial charge is 0.306 e. The highest BCUT2D eigenvalue weighted by atomic mass is 35.5. The first-order chi connectivity index (χ1) is 12.1. The molecule has 0 atom stereocenters. The zero-order valence-corrected chi connectivity index (χ0v) is 15.3. The first-order valence-corrected chi connectivity index (χ1v) is 9.07. The summed E-state index contributed by atoms with van der Waals surface area (Å²) in [7, 11) is 0. The topological polar surface area (TPSA) is 66.9 Å². The highest BCUT2D eigenvalue weighted by Crippen LogP contribution is 2.25. The first kappa shape index (κ1) is 17.7. The Hall–Kier alpha value is -2.15. The Morgan fingerprint density at radius 2 is 1.80 bits per heavy atom. The third-order valence-corrected chi connectivity index (χ3v) is 4.78. The molecule has 1 heterocycles. The zero-order valence-electron chi connectivity index (χ0n) is 13.0. The molecule has 0 spiro atoms. The molecular formula is C17H14Cl2N4OS. The van der Waals surface area contributed by atoms with Crippen LogP contribution in [0.4, 0.5) is 15.6 Å². The maximum absolute atomic E-state index is 12.0. The van der Waals surface area contributed by atoms with Crippen molar-refractivity contribution in [2.24, 2.45) is 0 Å². The molecule has 3 rings (SSSR count). The van der Waals surface area contributed by atoms with Gasteiger partial charge in [0.15, 0.2) is 0 Å². The summed E-state index contributed by atoms with van der Waals surface area (Å²) < 4.78 is 0. The van der Waals surface area contributed by atoms with Crippen LogP contribution in [-0.2, 0) is 12.8 Å². The number of carbonyl (C=O) groups is 1. The fourth-order valence-corrected chi connectivity index (χ4v) is 3.33. The van der Waals surface area contributed by atoms with E-state index in [0.717, 1.165) is 17.8 Å². The number of nitrogens with zero attached hydrogens (tertiary/aromatic N) is 2. The minimum absolute atomic E-state index is 0.364. The molecule has 128 valence electrons. The van der Waals surface area contributed by atoms with Crippen LogP contribution < -0.4 is 10.6 Å². The van der Waals surface area contributed by atoms with Crippen molar-refractivity contribution in [1.82, 2.24) is 10.2 Å². The molecule has 3 aromatic rings. The molecule has 0 bridgehead atoms. The van der Waals surface area contributed by atoms with Crippen molar-refractivity contribution in [3.05, 3.63) is 69.1 Å². The molecule has 0 unspecified atom stereocenters. The number of halogens is 2. The largest absolute Gasteiger partial charge is 0.325 e. The minimum Gasteiger partial charge on any atom is -0.306 e. The molecule has 0 aliphatic carbocycles. The Kier molecular flexibility index (Phi) is 5.86. The first-order valence-electron chi connectivity index (χ1n) is 7.49. The summed E-state index contributed by atoms with van der Waals surface area (Å²) >= 11 is 13.2. The van der Waals surface area contributed by atoms with E-state index in [2.05, 4.69) is 33.0 Å². The van der Waals surface area contributed by atoms with E-state index in [0.29, 0.717) is 20.9 Å². The lowest BCUT2D eigenvalue weighted by Crippen LogP contribution is -2.19. The zero-order chi connectivity index (χ0) is 17.6. The molecule has 0 aliphatic heterocycles. The van der Waals surface area contributed by atoms with Gasteiger partial charge in [-0.05, 0) is 30.2 Å². The van der Waals surface area contributed by atoms with Crippen LogP contribution in [0, 0.1) is 0 Å². The van der Waals surface area contributed by atoms with Gasteiger partial charge in [-0.15, -0.1) is 10.2 Å². The summed E-state index contributed by atoms with van der Waals surface area (Å²) in [4.78, 5) is 12.0. The van der Waals surface area contributed by atoms with Gasteiger partial charge in [-0.1, -0.05) is 64.9 Å². The van der Waals surface area contributed by atoms with Gasteiger partial charge in [0.1, 0.15) is 5.01 Å².